The van der Waals surface area contributed by atoms with Crippen LogP contribution >= 0.6 is 0 Å². The number of benzene rings is 1. The average molecular weight is 180 g/mol. The Morgan fingerprint density at radius 1 is 1.62 bits per heavy atom. The molecule has 0 aliphatic heterocycles. The first-order valence-electron chi connectivity index (χ1n) is 3.62. The zero-order valence-electron chi connectivity index (χ0n) is 6.88. The summed E-state index contributed by atoms with van der Waals surface area (Å²) in [4.78, 5) is 10.8. The molecule has 0 unspecified atom stereocenters. The number of rotatable bonds is 2. The second-order valence-electron chi connectivity index (χ2n) is 2.43. The number of nitrogens with one attached hydrogen (secondary N) is 1. The SMILES string of the molecule is C=CC(=O)Nc1ccc(N)cc1F. The van der Waals surface area contributed by atoms with Crippen LogP contribution in [0.1, 0.15) is 0 Å². The molecule has 0 saturated heterocycles. The van der Waals surface area contributed by atoms with E-state index in [1.165, 1.54) is 12.1 Å². The molecule has 1 rings (SSSR count). The molecule has 0 atom stereocenters. The fraction of sp³-hybridized carbons (Fsp3) is 0. The number of nitrogens with two attached hydrogens (primary N) is 1. The van der Waals surface area contributed by atoms with Crippen LogP contribution in [0.4, 0.5) is 15.8 Å². The van der Waals surface area contributed by atoms with Gasteiger partial charge in [0.15, 0.2) is 0 Å². The fourth-order valence-corrected chi connectivity index (χ4v) is 0.816. The molecule has 0 aromatic heterocycles. The van der Waals surface area contributed by atoms with E-state index >= 15 is 0 Å². The van der Waals surface area contributed by atoms with Crippen LogP contribution in [-0.2, 0) is 4.79 Å². The Balaban J connectivity index is 2.89. The van der Waals surface area contributed by atoms with Crippen LogP contribution in [0.3, 0.4) is 0 Å². The third-order valence-corrected chi connectivity index (χ3v) is 1.44. The Morgan fingerprint density at radius 2 is 2.31 bits per heavy atom. The maximum Gasteiger partial charge on any atom is 0.247 e. The minimum Gasteiger partial charge on any atom is -0.399 e. The Morgan fingerprint density at radius 3 is 2.85 bits per heavy atom. The van der Waals surface area contributed by atoms with Crippen LogP contribution in [0.15, 0.2) is 30.9 Å². The summed E-state index contributed by atoms with van der Waals surface area (Å²) in [5.74, 6) is -1.01. The van der Waals surface area contributed by atoms with Gasteiger partial charge in [-0.2, -0.15) is 0 Å². The Kier molecular flexibility index (Phi) is 2.64. The van der Waals surface area contributed by atoms with E-state index < -0.39 is 11.7 Å². The lowest BCUT2D eigenvalue weighted by Crippen LogP contribution is -2.08. The molecule has 0 heterocycles. The maximum absolute atomic E-state index is 13.0. The van der Waals surface area contributed by atoms with Gasteiger partial charge in [0.1, 0.15) is 5.82 Å². The number of carbonyl (C=O) groups excluding carboxylic acids is 1. The van der Waals surface area contributed by atoms with Gasteiger partial charge in [-0.1, -0.05) is 6.58 Å². The van der Waals surface area contributed by atoms with Gasteiger partial charge in [-0.25, -0.2) is 4.39 Å². The second-order valence-corrected chi connectivity index (χ2v) is 2.43. The van der Waals surface area contributed by atoms with Crippen molar-refractivity contribution in [2.75, 3.05) is 11.1 Å². The van der Waals surface area contributed by atoms with Crippen molar-refractivity contribution in [1.29, 1.82) is 0 Å². The van der Waals surface area contributed by atoms with E-state index in [1.807, 2.05) is 0 Å². The monoisotopic (exact) mass is 180 g/mol. The van der Waals surface area contributed by atoms with Crippen molar-refractivity contribution >= 4 is 17.3 Å². The van der Waals surface area contributed by atoms with Crippen molar-refractivity contribution in [1.82, 2.24) is 0 Å². The van der Waals surface area contributed by atoms with Crippen molar-refractivity contribution in [2.24, 2.45) is 0 Å². The molecule has 3 N–H and O–H groups in total. The lowest BCUT2D eigenvalue weighted by molar-refractivity contribution is -0.111. The van der Waals surface area contributed by atoms with E-state index in [0.29, 0.717) is 5.69 Å². The van der Waals surface area contributed by atoms with E-state index in [0.717, 1.165) is 12.1 Å². The predicted molar refractivity (Wildman–Crippen MR) is 49.6 cm³/mol. The van der Waals surface area contributed by atoms with Gasteiger partial charge >= 0.3 is 0 Å². The molecule has 0 aliphatic rings. The first-order chi connectivity index (χ1) is 6.13. The van der Waals surface area contributed by atoms with E-state index in [4.69, 9.17) is 5.73 Å². The molecule has 1 aromatic rings. The molecule has 1 aromatic carbocycles. The van der Waals surface area contributed by atoms with Crippen molar-refractivity contribution < 1.29 is 9.18 Å². The Bertz CT molecular complexity index is 349. The van der Waals surface area contributed by atoms with Crippen LogP contribution in [-0.4, -0.2) is 5.91 Å². The van der Waals surface area contributed by atoms with Crippen LogP contribution in [0.25, 0.3) is 0 Å². The number of hydrogen-bond acceptors (Lipinski definition) is 2. The fourth-order valence-electron chi connectivity index (χ4n) is 0.816. The normalized spacial score (nSPS) is 9.31. The summed E-state index contributed by atoms with van der Waals surface area (Å²) < 4.78 is 13.0. The third-order valence-electron chi connectivity index (χ3n) is 1.44. The summed E-state index contributed by atoms with van der Waals surface area (Å²) in [6.45, 7) is 3.24. The Labute approximate surface area is 75.1 Å². The highest BCUT2D eigenvalue weighted by Crippen LogP contribution is 2.16. The summed E-state index contributed by atoms with van der Waals surface area (Å²) in [5, 5.41) is 2.30. The molecule has 13 heavy (non-hydrogen) atoms. The third kappa shape index (κ3) is 2.30. The first kappa shape index (κ1) is 9.25. The van der Waals surface area contributed by atoms with Gasteiger partial charge in [-0.05, 0) is 24.3 Å². The maximum atomic E-state index is 13.0. The molecule has 0 aliphatic carbocycles. The van der Waals surface area contributed by atoms with Crippen LogP contribution < -0.4 is 11.1 Å². The van der Waals surface area contributed by atoms with Crippen LogP contribution in [0, 0.1) is 5.82 Å². The summed E-state index contributed by atoms with van der Waals surface area (Å²) in [5.41, 5.74) is 5.73. The number of carbonyl (C=O) groups is 1. The largest absolute Gasteiger partial charge is 0.399 e. The van der Waals surface area contributed by atoms with E-state index in [9.17, 15) is 9.18 Å². The topological polar surface area (TPSA) is 55.1 Å². The molecule has 0 saturated carbocycles. The molecule has 0 radical (unpaired) electrons. The highest BCUT2D eigenvalue weighted by atomic mass is 19.1. The minimum atomic E-state index is -0.560. The van der Waals surface area contributed by atoms with Crippen molar-refractivity contribution in [3.8, 4) is 0 Å². The molecule has 0 fully saturated rings. The molecule has 0 bridgehead atoms. The van der Waals surface area contributed by atoms with Gasteiger partial charge in [0, 0.05) is 5.69 Å². The molecule has 3 nitrogen and oxygen atoms in total. The highest BCUT2D eigenvalue weighted by Gasteiger charge is 2.03. The average Bonchev–Trinajstić information content (AvgIpc) is 2.09. The number of hydrogen-bond donors (Lipinski definition) is 2. The number of amides is 1. The zero-order chi connectivity index (χ0) is 9.84. The molecule has 0 spiro atoms. The minimum absolute atomic E-state index is 0.0964. The highest BCUT2D eigenvalue weighted by molar-refractivity contribution is 5.99. The number of anilines is 2. The lowest BCUT2D eigenvalue weighted by atomic mass is 10.2. The summed E-state index contributed by atoms with van der Waals surface area (Å²) in [6.07, 6.45) is 1.07. The van der Waals surface area contributed by atoms with Gasteiger partial charge in [-0.15, -0.1) is 0 Å². The van der Waals surface area contributed by atoms with Crippen molar-refractivity contribution in [2.45, 2.75) is 0 Å². The van der Waals surface area contributed by atoms with Gasteiger partial charge in [0.2, 0.25) is 5.91 Å². The molecular weight excluding hydrogens is 171 g/mol. The van der Waals surface area contributed by atoms with Crippen molar-refractivity contribution in [3.05, 3.63) is 36.7 Å². The molecule has 1 amide bonds. The summed E-state index contributed by atoms with van der Waals surface area (Å²) in [7, 11) is 0. The second kappa shape index (κ2) is 3.71. The predicted octanol–water partition coefficient (Wildman–Crippen LogP) is 1.53. The Hall–Kier alpha value is -1.84. The molecule has 68 valence electrons. The van der Waals surface area contributed by atoms with Gasteiger partial charge in [0.25, 0.3) is 0 Å². The quantitative estimate of drug-likeness (QED) is 0.535. The van der Waals surface area contributed by atoms with Gasteiger partial charge < -0.3 is 11.1 Å². The van der Waals surface area contributed by atoms with E-state index in [1.54, 1.807) is 0 Å². The van der Waals surface area contributed by atoms with E-state index in [2.05, 4.69) is 11.9 Å². The summed E-state index contributed by atoms with van der Waals surface area (Å²) >= 11 is 0. The van der Waals surface area contributed by atoms with Crippen LogP contribution in [0.5, 0.6) is 0 Å². The van der Waals surface area contributed by atoms with Gasteiger partial charge in [-0.3, -0.25) is 4.79 Å². The number of nitrogen functional groups attached to an aromatic ring is 1. The molecule has 4 heteroatoms. The molecular formula is C9H9FN2O. The first-order valence-corrected chi connectivity index (χ1v) is 3.62. The standard InChI is InChI=1S/C9H9FN2O/c1-2-9(13)12-8-4-3-6(11)5-7(8)10/h2-5H,1,11H2,(H,12,13). The van der Waals surface area contributed by atoms with Crippen LogP contribution in [0.2, 0.25) is 0 Å². The smallest absolute Gasteiger partial charge is 0.247 e. The van der Waals surface area contributed by atoms with E-state index in [-0.39, 0.29) is 5.69 Å². The number of halogens is 1. The lowest BCUT2D eigenvalue weighted by Gasteiger charge is -2.03. The van der Waals surface area contributed by atoms with Gasteiger partial charge in [0.05, 0.1) is 5.69 Å². The summed E-state index contributed by atoms with van der Waals surface area (Å²) in [6, 6.07) is 4.03. The zero-order valence-corrected chi connectivity index (χ0v) is 6.88. The van der Waals surface area contributed by atoms with Crippen molar-refractivity contribution in [3.63, 3.8) is 0 Å².